The zero-order chi connectivity index (χ0) is 103. The number of amides is 4. The Kier molecular flexibility index (Phi) is 32.2. The van der Waals surface area contributed by atoms with Crippen LogP contribution in [0.1, 0.15) is 138 Å². The van der Waals surface area contributed by atoms with E-state index in [1.54, 1.807) is 59.1 Å². The van der Waals surface area contributed by atoms with Crippen molar-refractivity contribution in [2.24, 2.45) is 11.8 Å². The number of fused-ring (bicyclic) bond motifs is 4. The lowest BCUT2D eigenvalue weighted by Gasteiger charge is -2.43. The molecule has 4 amide bonds. The highest BCUT2D eigenvalue weighted by molar-refractivity contribution is 7.13. The maximum atomic E-state index is 14.2. The maximum Gasteiger partial charge on any atom is 0.254 e. The van der Waals surface area contributed by atoms with Gasteiger partial charge in [0, 0.05) is 214 Å². The molecule has 8 fully saturated rings. The highest BCUT2D eigenvalue weighted by Gasteiger charge is 2.48. The summed E-state index contributed by atoms with van der Waals surface area (Å²) in [6.07, 6.45) is 6.55. The molecule has 20 rings (SSSR count). The largest absolute Gasteiger partial charge is 0.507 e. The van der Waals surface area contributed by atoms with Crippen molar-refractivity contribution in [3.05, 3.63) is 203 Å². The number of para-hydroxylation sites is 2. The van der Waals surface area contributed by atoms with Gasteiger partial charge < -0.3 is 99.9 Å². The van der Waals surface area contributed by atoms with Crippen LogP contribution < -0.4 is 60.6 Å². The quantitative estimate of drug-likeness (QED) is 0.0181. The smallest absolute Gasteiger partial charge is 0.254 e. The molecule has 8 aliphatic heterocycles. The summed E-state index contributed by atoms with van der Waals surface area (Å²) in [7, 11) is 0. The van der Waals surface area contributed by atoms with Crippen LogP contribution in [0, 0.1) is 25.7 Å². The first kappa shape index (κ1) is 103. The summed E-state index contributed by atoms with van der Waals surface area (Å²) in [5.74, 6) is 0.600. The number of pyridine rings is 2. The molecule has 16 heterocycles. The second kappa shape index (κ2) is 46.4. The van der Waals surface area contributed by atoms with Crippen LogP contribution in [0.2, 0.25) is 0 Å². The van der Waals surface area contributed by atoms with E-state index in [0.717, 1.165) is 183 Å². The third-order valence-corrected chi connectivity index (χ3v) is 31.9. The number of β-amino-alcohol motifs (C(OH)–C–C–N with tert-alkyl or cyclic N) is 2. The van der Waals surface area contributed by atoms with Gasteiger partial charge in [0.2, 0.25) is 35.4 Å². The lowest BCUT2D eigenvalue weighted by molar-refractivity contribution is -0.141. The molecular weight excluding hydrogens is 1920 g/mol. The first-order valence-corrected chi connectivity index (χ1v) is 53.2. The highest BCUT2D eigenvalue weighted by atomic mass is 32.1. The first-order chi connectivity index (χ1) is 71.7. The van der Waals surface area contributed by atoms with Crippen molar-refractivity contribution in [1.29, 1.82) is 0 Å². The molecule has 12 aromatic rings. The van der Waals surface area contributed by atoms with E-state index in [1.165, 1.54) is 9.80 Å². The Morgan fingerprint density at radius 2 is 0.791 bits per heavy atom. The molecule has 0 spiro atoms. The standard InChI is InChI=1S/2C54H66N12O7S/c2*1-33(2)50(54(70)65-31-41(67)26-45(65)53(69)58-34(3)36-9-11-37(12-10-36)51-35(4)57-32-74-51)47-28-49(61-73-47)72-24-22-63-19-17-62(18-20-63)21-23-71-48-25-38(15-16-56-48)66-39-13-14-40(66)30-64(29-39)44-27-43(59-60-52(44)55)42-7-5-6-8-46(42)68/h2*5-12,15-16,25,27-28,32-34,39-41,45,50,67-68H,13-14,17-24,26,29-31H2,1-4H3,(H2,55,60)(H,58,69)/t34-,39?,40?,41+,45-,50+;34-,39?,40?,41+,45-,50-/m00/s1. The number of anilines is 6. The molecule has 8 saturated heterocycles. The van der Waals surface area contributed by atoms with Gasteiger partial charge in [-0.1, -0.05) is 100 Å². The zero-order valence-corrected chi connectivity index (χ0v) is 86.5. The fourth-order valence-electron chi connectivity index (χ4n) is 22.0. The van der Waals surface area contributed by atoms with Crippen molar-refractivity contribution in [3.63, 3.8) is 0 Å². The number of hydrogen-bond acceptors (Lipinski definition) is 36. The second-order valence-corrected chi connectivity index (χ2v) is 42.2. The van der Waals surface area contributed by atoms with Gasteiger partial charge in [-0.15, -0.1) is 43.1 Å². The number of aromatic nitrogens is 10. The number of phenols is 2. The minimum atomic E-state index is -0.830. The SMILES string of the molecule is Cc1ncsc1-c1ccc([C@H](C)NC(=O)[C@@H]2C[C@@H](O)CN2C(=O)[C@@H](c2cc(OCCN3CCN(CCOc4cc(N5C6CCC5CN(c5cc(-c7ccccc7O)nnc5N)C6)ccn4)CC3)no2)C(C)C)cc1.Cc1ncsc1-c1ccc([C@H](C)NC(=O)[C@@H]2C[C@@H](O)CN2C(=O)[C@H](c2cc(OCCN3CCN(CCOc4cc(N5C6CCC5CN(c5cc(-c7ccccc7O)nnc5N)C6)ccn4)CC3)no2)C(C)C)cc1. The average Bonchev–Trinajstić information content (AvgIpc) is 1.64. The van der Waals surface area contributed by atoms with Crippen molar-refractivity contribution in [2.45, 2.75) is 166 Å². The predicted molar refractivity (Wildman–Crippen MR) is 564 cm³/mol. The summed E-state index contributed by atoms with van der Waals surface area (Å²) >= 11 is 3.18. The summed E-state index contributed by atoms with van der Waals surface area (Å²) in [6, 6.07) is 44.6. The Morgan fingerprint density at radius 1 is 0.439 bits per heavy atom. The Morgan fingerprint density at radius 3 is 1.13 bits per heavy atom. The van der Waals surface area contributed by atoms with Gasteiger partial charge in [0.05, 0.1) is 79.2 Å². The number of piperazine rings is 4. The molecule has 10 N–H and O–H groups in total. The van der Waals surface area contributed by atoms with E-state index in [9.17, 15) is 39.6 Å². The molecule has 0 radical (unpaired) electrons. The lowest BCUT2D eigenvalue weighted by Crippen LogP contribution is -2.54. The van der Waals surface area contributed by atoms with Crippen molar-refractivity contribution < 1.29 is 67.6 Å². The minimum absolute atomic E-state index is 0.0519. The predicted octanol–water partition coefficient (Wildman–Crippen LogP) is 11.5. The van der Waals surface area contributed by atoms with E-state index in [4.69, 9.17) is 39.5 Å². The number of aryl methyl sites for hydroxylation is 2. The minimum Gasteiger partial charge on any atom is -0.507 e. The van der Waals surface area contributed by atoms with Gasteiger partial charge in [0.15, 0.2) is 23.2 Å². The Labute approximate surface area is 868 Å². The molecule has 4 aromatic carbocycles. The number of likely N-dealkylation sites (tertiary alicyclic amines) is 2. The molecule has 148 heavy (non-hydrogen) atoms. The van der Waals surface area contributed by atoms with Crippen LogP contribution in [-0.2, 0) is 19.2 Å². The number of nitrogens with one attached hydrogen (secondary N) is 2. The Balaban J connectivity index is 0.000000186. The number of carbonyl (C=O) groups is 4. The summed E-state index contributed by atoms with van der Waals surface area (Å²) in [5.41, 5.74) is 28.7. The third-order valence-electron chi connectivity index (χ3n) is 30.0. The number of aliphatic hydroxyl groups is 2. The van der Waals surface area contributed by atoms with Crippen LogP contribution in [0.15, 0.2) is 178 Å². The number of phenolic OH excluding ortho intramolecular Hbond substituents is 2. The van der Waals surface area contributed by atoms with Gasteiger partial charge >= 0.3 is 0 Å². The number of nitrogens with two attached hydrogens (primary N) is 2. The highest BCUT2D eigenvalue weighted by Crippen LogP contribution is 2.45. The normalized spacial score (nSPS) is 21.0. The summed E-state index contributed by atoms with van der Waals surface area (Å²) < 4.78 is 36.0. The maximum absolute atomic E-state index is 14.2. The van der Waals surface area contributed by atoms with Crippen LogP contribution in [0.4, 0.5) is 34.4 Å². The molecule has 8 aliphatic rings. The Bertz CT molecular complexity index is 6140. The molecule has 4 unspecified atom stereocenters. The van der Waals surface area contributed by atoms with Crippen molar-refractivity contribution in [3.8, 4) is 78.4 Å². The molecule has 780 valence electrons. The van der Waals surface area contributed by atoms with Gasteiger partial charge in [-0.05, 0) is 146 Å². The fraction of sp³-hybridized carbons (Fsp3) is 0.463. The fourth-order valence-corrected chi connectivity index (χ4v) is 23.7. The van der Waals surface area contributed by atoms with E-state index in [0.29, 0.717) is 109 Å². The number of nitrogen functional groups attached to an aromatic ring is 2. The first-order valence-electron chi connectivity index (χ1n) is 51.5. The van der Waals surface area contributed by atoms with E-state index in [1.807, 2.05) is 164 Å². The number of nitrogens with zero attached hydrogens (tertiary/aromatic N) is 20. The molecule has 0 saturated carbocycles. The number of aliphatic hydroxyl groups excluding tert-OH is 2. The molecule has 40 heteroatoms. The van der Waals surface area contributed by atoms with Crippen LogP contribution >= 0.6 is 22.7 Å². The number of carbonyl (C=O) groups excluding carboxylic acids is 4. The number of ether oxygens (including phenoxy) is 4. The van der Waals surface area contributed by atoms with Crippen molar-refractivity contribution >= 4 is 80.7 Å². The van der Waals surface area contributed by atoms with Crippen LogP contribution in [0.25, 0.3) is 43.4 Å². The van der Waals surface area contributed by atoms with Crippen LogP contribution in [0.3, 0.4) is 0 Å². The van der Waals surface area contributed by atoms with Gasteiger partial charge in [0.1, 0.15) is 61.8 Å². The lowest BCUT2D eigenvalue weighted by atomic mass is 9.91. The number of benzene rings is 4. The van der Waals surface area contributed by atoms with Crippen LogP contribution in [-0.4, -0.2) is 317 Å². The zero-order valence-electron chi connectivity index (χ0n) is 84.8. The Hall–Kier alpha value is -13.7. The summed E-state index contributed by atoms with van der Waals surface area (Å²) in [6.45, 7) is 30.7. The van der Waals surface area contributed by atoms with Gasteiger partial charge in [-0.25, -0.2) is 19.9 Å². The molecule has 0 aliphatic carbocycles. The third kappa shape index (κ3) is 23.7. The summed E-state index contributed by atoms with van der Waals surface area (Å²) in [5, 5.41) is 73.9. The number of thiazole rings is 2. The molecule has 12 atom stereocenters. The van der Waals surface area contributed by atoms with Gasteiger partial charge in [-0.3, -0.25) is 38.8 Å². The number of hydrogen-bond donors (Lipinski definition) is 8. The average molecular weight is 2050 g/mol. The van der Waals surface area contributed by atoms with E-state index < -0.39 is 36.1 Å². The second-order valence-electron chi connectivity index (χ2n) is 40.5. The van der Waals surface area contributed by atoms with E-state index in [-0.39, 0.29) is 109 Å². The van der Waals surface area contributed by atoms with Gasteiger partial charge in [0.25, 0.3) is 11.8 Å². The van der Waals surface area contributed by atoms with Crippen molar-refractivity contribution in [1.82, 2.24) is 90.7 Å². The van der Waals surface area contributed by atoms with Crippen molar-refractivity contribution in [2.75, 3.05) is 175 Å². The monoisotopic (exact) mass is 2050 g/mol. The molecular formula is C108H132N24O14S2. The number of rotatable bonds is 36. The molecule has 8 aromatic heterocycles. The molecule has 38 nitrogen and oxygen atoms in total. The van der Waals surface area contributed by atoms with Gasteiger partial charge in [-0.2, -0.15) is 0 Å². The van der Waals surface area contributed by atoms with Crippen LogP contribution in [0.5, 0.6) is 35.0 Å². The number of aromatic hydroxyl groups is 2. The summed E-state index contributed by atoms with van der Waals surface area (Å²) in [4.78, 5) is 98.1. The van der Waals surface area contributed by atoms with E-state index >= 15 is 0 Å². The van der Waals surface area contributed by atoms with E-state index in [2.05, 4.69) is 125 Å². The topological polar surface area (TPSA) is 450 Å². The molecule has 4 bridgehead atoms.